The van der Waals surface area contributed by atoms with E-state index in [0.29, 0.717) is 12.2 Å². The third-order valence-corrected chi connectivity index (χ3v) is 6.91. The van der Waals surface area contributed by atoms with Gasteiger partial charge in [0.15, 0.2) is 4.96 Å². The second-order valence-corrected chi connectivity index (χ2v) is 9.05. The Balaban J connectivity index is 1.52. The molecule has 0 spiro atoms. The zero-order valence-electron chi connectivity index (χ0n) is 15.6. The fourth-order valence-corrected chi connectivity index (χ4v) is 5.09. The van der Waals surface area contributed by atoms with Crippen LogP contribution >= 0.6 is 23.1 Å². The van der Waals surface area contributed by atoms with Gasteiger partial charge in [0, 0.05) is 41.1 Å². The molecule has 4 aromatic rings. The molecule has 0 unspecified atom stereocenters. The van der Waals surface area contributed by atoms with Gasteiger partial charge in [0.25, 0.3) is 0 Å². The van der Waals surface area contributed by atoms with Gasteiger partial charge in [-0.3, -0.25) is 4.40 Å². The number of thioether (sulfide) groups is 1. The third kappa shape index (κ3) is 4.19. The second kappa shape index (κ2) is 8.21. The minimum atomic E-state index is -1.59. The summed E-state index contributed by atoms with van der Waals surface area (Å²) in [6.45, 7) is 1.83. The Kier molecular flexibility index (Phi) is 5.66. The average molecular weight is 436 g/mol. The van der Waals surface area contributed by atoms with Crippen molar-refractivity contribution in [2.45, 2.75) is 30.7 Å². The molecule has 152 valence electrons. The SMILES string of the molecule is C[C@@H](SCCc1cn2ccsc2n1)[C@](O)(Cn1cncn1)c1ccc(F)cc1F. The van der Waals surface area contributed by atoms with Crippen molar-refractivity contribution >= 4 is 28.1 Å². The first-order valence-electron chi connectivity index (χ1n) is 8.99. The highest BCUT2D eigenvalue weighted by Crippen LogP contribution is 2.36. The summed E-state index contributed by atoms with van der Waals surface area (Å²) in [5, 5.41) is 17.1. The van der Waals surface area contributed by atoms with Crippen molar-refractivity contribution in [1.82, 2.24) is 24.1 Å². The van der Waals surface area contributed by atoms with Crippen molar-refractivity contribution in [2.75, 3.05) is 5.75 Å². The van der Waals surface area contributed by atoms with Gasteiger partial charge in [-0.2, -0.15) is 16.9 Å². The number of hydrogen-bond acceptors (Lipinski definition) is 6. The number of halogens is 2. The van der Waals surface area contributed by atoms with E-state index < -0.39 is 22.5 Å². The lowest BCUT2D eigenvalue weighted by molar-refractivity contribution is 0.0133. The summed E-state index contributed by atoms with van der Waals surface area (Å²) in [5.74, 6) is -0.780. The standard InChI is InChI=1S/C19H19F2N5OS2/c1-13(28-6-4-15-9-25-5-7-29-18(25)24-15)19(27,10-26-12-22-11-23-26)16-3-2-14(20)8-17(16)21/h2-3,5,7-9,11-13,27H,4,6,10H2,1H3/t13-,19-/m1/s1. The Morgan fingerprint density at radius 3 is 2.93 bits per heavy atom. The summed E-state index contributed by atoms with van der Waals surface area (Å²) in [4.78, 5) is 9.38. The first-order valence-corrected chi connectivity index (χ1v) is 10.9. The fraction of sp³-hybridized carbons (Fsp3) is 0.316. The van der Waals surface area contributed by atoms with Crippen LogP contribution in [0.5, 0.6) is 0 Å². The second-order valence-electron chi connectivity index (χ2n) is 6.73. The Labute approximate surface area is 174 Å². The maximum absolute atomic E-state index is 14.5. The largest absolute Gasteiger partial charge is 0.382 e. The molecule has 6 nitrogen and oxygen atoms in total. The number of fused-ring (bicyclic) bond motifs is 1. The van der Waals surface area contributed by atoms with Crippen molar-refractivity contribution < 1.29 is 13.9 Å². The monoisotopic (exact) mass is 435 g/mol. The van der Waals surface area contributed by atoms with Gasteiger partial charge in [-0.15, -0.1) is 11.3 Å². The number of thiazole rings is 1. The van der Waals surface area contributed by atoms with E-state index >= 15 is 0 Å². The maximum Gasteiger partial charge on any atom is 0.193 e. The summed E-state index contributed by atoms with van der Waals surface area (Å²) < 4.78 is 31.4. The van der Waals surface area contributed by atoms with Crippen molar-refractivity contribution in [1.29, 1.82) is 0 Å². The van der Waals surface area contributed by atoms with Crippen LogP contribution < -0.4 is 0 Å². The van der Waals surface area contributed by atoms with Crippen LogP contribution in [0.15, 0.2) is 48.6 Å². The number of rotatable bonds is 8. The van der Waals surface area contributed by atoms with Crippen molar-refractivity contribution in [3.63, 3.8) is 0 Å². The maximum atomic E-state index is 14.5. The van der Waals surface area contributed by atoms with Gasteiger partial charge in [0.05, 0.1) is 12.2 Å². The molecule has 0 radical (unpaired) electrons. The van der Waals surface area contributed by atoms with Gasteiger partial charge >= 0.3 is 0 Å². The highest BCUT2D eigenvalue weighted by atomic mass is 32.2. The molecule has 0 saturated heterocycles. The van der Waals surface area contributed by atoms with Gasteiger partial charge in [0.1, 0.15) is 29.9 Å². The molecule has 10 heteroatoms. The molecule has 1 N–H and O–H groups in total. The predicted octanol–water partition coefficient (Wildman–Crippen LogP) is 3.52. The smallest absolute Gasteiger partial charge is 0.193 e. The van der Waals surface area contributed by atoms with Gasteiger partial charge in [-0.05, 0) is 11.8 Å². The number of imidazole rings is 1. The van der Waals surface area contributed by atoms with E-state index in [1.54, 1.807) is 11.3 Å². The number of hydrogen-bond donors (Lipinski definition) is 1. The van der Waals surface area contributed by atoms with Crippen molar-refractivity contribution in [3.05, 3.63) is 71.5 Å². The lowest BCUT2D eigenvalue weighted by atomic mass is 9.90. The summed E-state index contributed by atoms with van der Waals surface area (Å²) in [5.41, 5.74) is -0.591. The van der Waals surface area contributed by atoms with Gasteiger partial charge in [-0.1, -0.05) is 13.0 Å². The quantitative estimate of drug-likeness (QED) is 0.459. The number of benzene rings is 1. The van der Waals surface area contributed by atoms with Crippen molar-refractivity contribution in [2.24, 2.45) is 0 Å². The van der Waals surface area contributed by atoms with Crippen LogP contribution in [0.2, 0.25) is 0 Å². The zero-order chi connectivity index (χ0) is 20.4. The Bertz CT molecular complexity index is 1070. The summed E-state index contributed by atoms with van der Waals surface area (Å²) in [7, 11) is 0. The summed E-state index contributed by atoms with van der Waals surface area (Å²) in [6.07, 6.45) is 7.47. The molecule has 29 heavy (non-hydrogen) atoms. The van der Waals surface area contributed by atoms with Gasteiger partial charge in [0.2, 0.25) is 0 Å². The molecule has 2 atom stereocenters. The van der Waals surface area contributed by atoms with E-state index in [0.717, 1.165) is 22.8 Å². The molecule has 1 aromatic carbocycles. The predicted molar refractivity (Wildman–Crippen MR) is 109 cm³/mol. The fourth-order valence-electron chi connectivity index (χ4n) is 3.21. The first-order chi connectivity index (χ1) is 14.0. The topological polar surface area (TPSA) is 68.2 Å². The molecule has 0 aliphatic carbocycles. The number of aliphatic hydroxyl groups is 1. The summed E-state index contributed by atoms with van der Waals surface area (Å²) in [6, 6.07) is 3.24. The molecule has 0 bridgehead atoms. The van der Waals surface area contributed by atoms with Gasteiger partial charge < -0.3 is 5.11 Å². The average Bonchev–Trinajstić information content (AvgIpc) is 3.39. The molecule has 4 rings (SSSR count). The number of nitrogens with zero attached hydrogens (tertiary/aromatic N) is 5. The number of aromatic nitrogens is 5. The molecular weight excluding hydrogens is 416 g/mol. The van der Waals surface area contributed by atoms with Gasteiger partial charge in [-0.25, -0.2) is 23.4 Å². The van der Waals surface area contributed by atoms with E-state index in [4.69, 9.17) is 0 Å². The molecule has 0 aliphatic rings. The first kappa shape index (κ1) is 20.0. The normalized spacial score (nSPS) is 14.9. The Hall–Kier alpha value is -2.30. The summed E-state index contributed by atoms with van der Waals surface area (Å²) >= 11 is 3.07. The van der Waals surface area contributed by atoms with Crippen LogP contribution in [0.3, 0.4) is 0 Å². The van der Waals surface area contributed by atoms with Crippen LogP contribution in [0.1, 0.15) is 18.2 Å². The Morgan fingerprint density at radius 2 is 2.21 bits per heavy atom. The number of aryl methyl sites for hydroxylation is 1. The van der Waals surface area contributed by atoms with Crippen LogP contribution in [0.4, 0.5) is 8.78 Å². The molecule has 0 aliphatic heterocycles. The lowest BCUT2D eigenvalue weighted by Gasteiger charge is -2.34. The zero-order valence-corrected chi connectivity index (χ0v) is 17.2. The highest BCUT2D eigenvalue weighted by molar-refractivity contribution is 7.99. The Morgan fingerprint density at radius 1 is 1.34 bits per heavy atom. The molecule has 3 aromatic heterocycles. The van der Waals surface area contributed by atoms with E-state index in [-0.39, 0.29) is 12.1 Å². The molecule has 0 fully saturated rings. The van der Waals surface area contributed by atoms with Crippen LogP contribution in [-0.4, -0.2) is 40.3 Å². The van der Waals surface area contributed by atoms with E-state index in [2.05, 4.69) is 15.1 Å². The van der Waals surface area contributed by atoms with Crippen LogP contribution in [0.25, 0.3) is 4.96 Å². The lowest BCUT2D eigenvalue weighted by Crippen LogP contribution is -2.41. The minimum absolute atomic E-state index is 0.00390. The molecule has 0 amide bonds. The van der Waals surface area contributed by atoms with E-state index in [1.165, 1.54) is 35.2 Å². The molecule has 3 heterocycles. The van der Waals surface area contributed by atoms with E-state index in [9.17, 15) is 13.9 Å². The van der Waals surface area contributed by atoms with Crippen LogP contribution in [0, 0.1) is 11.6 Å². The molecule has 0 saturated carbocycles. The minimum Gasteiger partial charge on any atom is -0.382 e. The molecular formula is C19H19F2N5OS2. The van der Waals surface area contributed by atoms with Crippen molar-refractivity contribution in [3.8, 4) is 0 Å². The van der Waals surface area contributed by atoms with E-state index in [1.807, 2.05) is 29.1 Å². The third-order valence-electron chi connectivity index (χ3n) is 4.81. The van der Waals surface area contributed by atoms with Crippen LogP contribution in [-0.2, 0) is 18.6 Å². The highest BCUT2D eigenvalue weighted by Gasteiger charge is 2.39.